The average Bonchev–Trinajstić information content (AvgIpc) is 2.47. The second-order valence-corrected chi connectivity index (χ2v) is 5.71. The summed E-state index contributed by atoms with van der Waals surface area (Å²) in [7, 11) is 0. The molecule has 0 saturated heterocycles. The third-order valence-electron chi connectivity index (χ3n) is 4.22. The lowest BCUT2D eigenvalue weighted by Gasteiger charge is -2.33. The Morgan fingerprint density at radius 2 is 1.95 bits per heavy atom. The summed E-state index contributed by atoms with van der Waals surface area (Å²) in [5, 5.41) is 10.7. The molecule has 0 bridgehead atoms. The first kappa shape index (κ1) is 14.5. The van der Waals surface area contributed by atoms with E-state index in [1.807, 2.05) is 30.3 Å². The molecule has 0 spiro atoms. The summed E-state index contributed by atoms with van der Waals surface area (Å²) in [6.45, 7) is 2.69. The van der Waals surface area contributed by atoms with Crippen LogP contribution in [-0.2, 0) is 10.3 Å². The topological polar surface area (TPSA) is 55.5 Å². The summed E-state index contributed by atoms with van der Waals surface area (Å²) in [5.74, 6) is 0.576. The summed E-state index contributed by atoms with van der Waals surface area (Å²) in [5.41, 5.74) is 5.52. The Kier molecular flexibility index (Phi) is 4.97. The molecule has 1 aromatic rings. The number of benzene rings is 1. The number of ether oxygens (including phenoxy) is 1. The molecule has 1 aliphatic rings. The third kappa shape index (κ3) is 3.56. The maximum atomic E-state index is 10.7. The second-order valence-electron chi connectivity index (χ2n) is 5.71. The van der Waals surface area contributed by atoms with Crippen molar-refractivity contribution in [1.82, 2.24) is 0 Å². The first-order valence-electron chi connectivity index (χ1n) is 7.25. The lowest BCUT2D eigenvalue weighted by atomic mass is 9.87. The molecule has 0 amide bonds. The predicted octanol–water partition coefficient (Wildman–Crippen LogP) is 2.43. The largest absolute Gasteiger partial charge is 0.381 e. The lowest BCUT2D eigenvalue weighted by Crippen LogP contribution is -2.42. The first-order chi connectivity index (χ1) is 9.15. The van der Waals surface area contributed by atoms with Crippen LogP contribution in [0.5, 0.6) is 0 Å². The molecule has 0 aliphatic heterocycles. The van der Waals surface area contributed by atoms with Gasteiger partial charge in [0.25, 0.3) is 0 Å². The lowest BCUT2D eigenvalue weighted by molar-refractivity contribution is -0.0936. The molecular weight excluding hydrogens is 238 g/mol. The molecule has 1 aliphatic carbocycles. The van der Waals surface area contributed by atoms with Crippen LogP contribution in [0.15, 0.2) is 30.3 Å². The Morgan fingerprint density at radius 3 is 2.58 bits per heavy atom. The average molecular weight is 263 g/mol. The van der Waals surface area contributed by atoms with Crippen molar-refractivity contribution in [3.63, 3.8) is 0 Å². The molecule has 2 rings (SSSR count). The van der Waals surface area contributed by atoms with E-state index in [2.05, 4.69) is 6.92 Å². The maximum absolute atomic E-state index is 10.7. The predicted molar refractivity (Wildman–Crippen MR) is 76.8 cm³/mol. The minimum Gasteiger partial charge on any atom is -0.381 e. The number of hydrogen-bond donors (Lipinski definition) is 2. The molecule has 3 nitrogen and oxygen atoms in total. The number of rotatable bonds is 5. The zero-order valence-corrected chi connectivity index (χ0v) is 11.7. The summed E-state index contributed by atoms with van der Waals surface area (Å²) in [6, 6.07) is 9.57. The van der Waals surface area contributed by atoms with Crippen LogP contribution in [0.4, 0.5) is 0 Å². The highest BCUT2D eigenvalue weighted by Crippen LogP contribution is 2.28. The van der Waals surface area contributed by atoms with Gasteiger partial charge in [0, 0.05) is 6.54 Å². The van der Waals surface area contributed by atoms with Gasteiger partial charge in [-0.1, -0.05) is 50.1 Å². The van der Waals surface area contributed by atoms with E-state index >= 15 is 0 Å². The van der Waals surface area contributed by atoms with Crippen LogP contribution in [0.3, 0.4) is 0 Å². The van der Waals surface area contributed by atoms with Crippen molar-refractivity contribution in [3.05, 3.63) is 35.9 Å². The van der Waals surface area contributed by atoms with E-state index in [0.29, 0.717) is 5.92 Å². The van der Waals surface area contributed by atoms with Crippen LogP contribution in [0.1, 0.15) is 38.2 Å². The fraction of sp³-hybridized carbons (Fsp3) is 0.625. The molecule has 1 fully saturated rings. The van der Waals surface area contributed by atoms with Crippen molar-refractivity contribution in [2.75, 3.05) is 13.2 Å². The van der Waals surface area contributed by atoms with E-state index < -0.39 is 5.60 Å². The van der Waals surface area contributed by atoms with Crippen molar-refractivity contribution in [3.8, 4) is 0 Å². The SMILES string of the molecule is CC1CCCCC1OCC(O)(CN)c1ccccc1. The van der Waals surface area contributed by atoms with Crippen LogP contribution >= 0.6 is 0 Å². The molecule has 0 heterocycles. The van der Waals surface area contributed by atoms with Crippen LogP contribution in [0, 0.1) is 5.92 Å². The van der Waals surface area contributed by atoms with Gasteiger partial charge in [0.1, 0.15) is 5.60 Å². The monoisotopic (exact) mass is 263 g/mol. The molecule has 3 heteroatoms. The normalized spacial score (nSPS) is 26.9. The minimum absolute atomic E-state index is 0.179. The van der Waals surface area contributed by atoms with Crippen LogP contribution < -0.4 is 5.73 Å². The first-order valence-corrected chi connectivity index (χ1v) is 7.25. The smallest absolute Gasteiger partial charge is 0.125 e. The van der Waals surface area contributed by atoms with Crippen LogP contribution in [0.2, 0.25) is 0 Å². The van der Waals surface area contributed by atoms with Gasteiger partial charge in [-0.25, -0.2) is 0 Å². The molecule has 106 valence electrons. The highest BCUT2D eigenvalue weighted by atomic mass is 16.5. The fourth-order valence-corrected chi connectivity index (χ4v) is 2.78. The maximum Gasteiger partial charge on any atom is 0.125 e. The molecule has 0 aromatic heterocycles. The van der Waals surface area contributed by atoms with E-state index in [0.717, 1.165) is 12.0 Å². The van der Waals surface area contributed by atoms with Crippen LogP contribution in [-0.4, -0.2) is 24.4 Å². The van der Waals surface area contributed by atoms with Crippen molar-refractivity contribution < 1.29 is 9.84 Å². The number of hydrogen-bond acceptors (Lipinski definition) is 3. The van der Waals surface area contributed by atoms with Gasteiger partial charge in [-0.3, -0.25) is 0 Å². The molecule has 1 aromatic carbocycles. The van der Waals surface area contributed by atoms with E-state index in [-0.39, 0.29) is 19.3 Å². The summed E-state index contributed by atoms with van der Waals surface area (Å²) < 4.78 is 5.98. The molecule has 3 atom stereocenters. The van der Waals surface area contributed by atoms with Gasteiger partial charge in [0.05, 0.1) is 12.7 Å². The molecule has 3 N–H and O–H groups in total. The van der Waals surface area contributed by atoms with E-state index in [1.54, 1.807) is 0 Å². The Morgan fingerprint density at radius 1 is 1.26 bits per heavy atom. The van der Waals surface area contributed by atoms with Gasteiger partial charge in [-0.2, -0.15) is 0 Å². The van der Waals surface area contributed by atoms with Gasteiger partial charge in [0.15, 0.2) is 0 Å². The van der Waals surface area contributed by atoms with Gasteiger partial charge >= 0.3 is 0 Å². The van der Waals surface area contributed by atoms with E-state index in [4.69, 9.17) is 10.5 Å². The molecule has 19 heavy (non-hydrogen) atoms. The minimum atomic E-state index is -1.07. The van der Waals surface area contributed by atoms with Gasteiger partial charge in [0.2, 0.25) is 0 Å². The Bertz CT molecular complexity index is 382. The number of aliphatic hydroxyl groups is 1. The standard InChI is InChI=1S/C16H25NO2/c1-13-7-5-6-10-15(13)19-12-16(18,11-17)14-8-3-2-4-9-14/h2-4,8-9,13,15,18H,5-7,10-12,17H2,1H3. The van der Waals surface area contributed by atoms with E-state index in [9.17, 15) is 5.11 Å². The van der Waals surface area contributed by atoms with Crippen molar-refractivity contribution in [1.29, 1.82) is 0 Å². The van der Waals surface area contributed by atoms with Crippen molar-refractivity contribution in [2.24, 2.45) is 11.7 Å². The van der Waals surface area contributed by atoms with Crippen LogP contribution in [0.25, 0.3) is 0 Å². The molecule has 1 saturated carbocycles. The van der Waals surface area contributed by atoms with E-state index in [1.165, 1.54) is 19.3 Å². The fourth-order valence-electron chi connectivity index (χ4n) is 2.78. The third-order valence-corrected chi connectivity index (χ3v) is 4.22. The molecule has 3 unspecified atom stereocenters. The summed E-state index contributed by atoms with van der Waals surface area (Å²) in [6.07, 6.45) is 5.09. The van der Waals surface area contributed by atoms with Crippen molar-refractivity contribution >= 4 is 0 Å². The van der Waals surface area contributed by atoms with Gasteiger partial charge < -0.3 is 15.6 Å². The molecule has 0 radical (unpaired) electrons. The van der Waals surface area contributed by atoms with Gasteiger partial charge in [-0.15, -0.1) is 0 Å². The number of nitrogens with two attached hydrogens (primary N) is 1. The zero-order chi connectivity index (χ0) is 13.7. The zero-order valence-electron chi connectivity index (χ0n) is 11.7. The highest BCUT2D eigenvalue weighted by Gasteiger charge is 2.31. The molecular formula is C16H25NO2. The Labute approximate surface area is 115 Å². The quantitative estimate of drug-likeness (QED) is 0.858. The Balaban J connectivity index is 1.99. The summed E-state index contributed by atoms with van der Waals surface area (Å²) in [4.78, 5) is 0. The second kappa shape index (κ2) is 6.51. The van der Waals surface area contributed by atoms with Gasteiger partial charge in [-0.05, 0) is 24.3 Å². The summed E-state index contributed by atoms with van der Waals surface area (Å²) >= 11 is 0. The highest BCUT2D eigenvalue weighted by molar-refractivity contribution is 5.22. The van der Waals surface area contributed by atoms with Crippen molar-refractivity contribution in [2.45, 2.75) is 44.3 Å². The Hall–Kier alpha value is -0.900.